The van der Waals surface area contributed by atoms with Gasteiger partial charge in [0, 0.05) is 5.69 Å². The molecule has 1 aromatic carbocycles. The third kappa shape index (κ3) is 4.71. The molecule has 0 aliphatic rings. The van der Waals surface area contributed by atoms with Crippen molar-refractivity contribution >= 4 is 17.3 Å². The van der Waals surface area contributed by atoms with Crippen molar-refractivity contribution in [2.75, 3.05) is 23.9 Å². The molecule has 0 amide bonds. The highest BCUT2D eigenvalue weighted by atomic mass is 17.3. The van der Waals surface area contributed by atoms with Gasteiger partial charge in [0.15, 0.2) is 0 Å². The summed E-state index contributed by atoms with van der Waals surface area (Å²) in [6.45, 7) is 6.39. The maximum absolute atomic E-state index is 10.7. The van der Waals surface area contributed by atoms with Gasteiger partial charge in [-0.25, -0.2) is 9.95 Å². The number of nitrogens with zero attached hydrogens (tertiary/aromatic N) is 1. The normalized spacial score (nSPS) is 10.6. The van der Waals surface area contributed by atoms with Crippen LogP contribution in [-0.4, -0.2) is 24.2 Å². The van der Waals surface area contributed by atoms with E-state index >= 15 is 0 Å². The van der Waals surface area contributed by atoms with E-state index in [4.69, 9.17) is 20.7 Å². The topological polar surface area (TPSA) is 85.0 Å². The first-order valence-corrected chi connectivity index (χ1v) is 6.61. The molecule has 20 heavy (non-hydrogen) atoms. The maximum atomic E-state index is 10.7. The van der Waals surface area contributed by atoms with E-state index in [0.29, 0.717) is 6.61 Å². The molecule has 6 heteroatoms. The fourth-order valence-corrected chi connectivity index (χ4v) is 1.69. The Morgan fingerprint density at radius 2 is 1.95 bits per heavy atom. The summed E-state index contributed by atoms with van der Waals surface area (Å²) in [5.41, 5.74) is 9.19. The first-order valence-electron chi connectivity index (χ1n) is 6.61. The second-order valence-electron chi connectivity index (χ2n) is 4.64. The van der Waals surface area contributed by atoms with E-state index < -0.39 is 5.97 Å². The van der Waals surface area contributed by atoms with Gasteiger partial charge in [0.05, 0.1) is 25.3 Å². The van der Waals surface area contributed by atoms with Gasteiger partial charge in [-0.05, 0) is 43.5 Å². The Balaban J connectivity index is 2.87. The highest BCUT2D eigenvalue weighted by molar-refractivity contribution is 5.68. The largest absolute Gasteiger partial charge is 0.481 e. The summed E-state index contributed by atoms with van der Waals surface area (Å²) in [5.74, 6) is -0.891. The first-order chi connectivity index (χ1) is 9.45. The lowest BCUT2D eigenvalue weighted by atomic mass is 10.1. The minimum Gasteiger partial charge on any atom is -0.481 e. The van der Waals surface area contributed by atoms with Crippen LogP contribution in [0.5, 0.6) is 0 Å². The summed E-state index contributed by atoms with van der Waals surface area (Å²) in [5, 5.41) is 10.2. The zero-order valence-electron chi connectivity index (χ0n) is 12.2. The number of rotatable bonds is 8. The molecule has 1 aromatic rings. The molecule has 0 saturated heterocycles. The number of hydroxylamine groups is 1. The molecule has 3 N–H and O–H groups in total. The molecule has 0 spiro atoms. The van der Waals surface area contributed by atoms with Gasteiger partial charge < -0.3 is 10.8 Å². The van der Waals surface area contributed by atoms with Crippen molar-refractivity contribution in [2.24, 2.45) is 0 Å². The SMILES string of the molecule is CCCOON(CCC(=O)O)c1cc(C)c(N)c(C)c1. The van der Waals surface area contributed by atoms with E-state index in [2.05, 4.69) is 0 Å². The molecular formula is C14H22N2O4. The zero-order chi connectivity index (χ0) is 15.1. The van der Waals surface area contributed by atoms with Gasteiger partial charge in [-0.1, -0.05) is 6.92 Å². The third-order valence-electron chi connectivity index (χ3n) is 2.83. The molecule has 0 atom stereocenters. The standard InChI is InChI=1S/C14H22N2O4/c1-4-7-19-20-16(6-5-13(17)18)12-8-10(2)14(15)11(3)9-12/h8-9H,4-7,15H2,1-3H3,(H,17,18). The molecule has 112 valence electrons. The molecule has 0 saturated carbocycles. The van der Waals surface area contributed by atoms with Gasteiger partial charge in [0.2, 0.25) is 0 Å². The quantitative estimate of drug-likeness (QED) is 0.330. The van der Waals surface area contributed by atoms with Crippen molar-refractivity contribution in [3.63, 3.8) is 0 Å². The Kier molecular flexibility index (Phi) is 6.27. The fourth-order valence-electron chi connectivity index (χ4n) is 1.69. The summed E-state index contributed by atoms with van der Waals surface area (Å²) in [7, 11) is 0. The predicted octanol–water partition coefficient (Wildman–Crippen LogP) is 2.44. The number of anilines is 2. The van der Waals surface area contributed by atoms with E-state index in [1.54, 1.807) is 0 Å². The molecule has 0 aliphatic carbocycles. The summed E-state index contributed by atoms with van der Waals surface area (Å²) >= 11 is 0. The molecule has 1 rings (SSSR count). The predicted molar refractivity (Wildman–Crippen MR) is 77.3 cm³/mol. The summed E-state index contributed by atoms with van der Waals surface area (Å²) in [4.78, 5) is 21.0. The van der Waals surface area contributed by atoms with Gasteiger partial charge >= 0.3 is 5.97 Å². The number of aryl methyl sites for hydroxylation is 2. The minimum absolute atomic E-state index is 0.0437. The van der Waals surface area contributed by atoms with Crippen LogP contribution >= 0.6 is 0 Å². The first kappa shape index (κ1) is 16.3. The lowest BCUT2D eigenvalue weighted by Gasteiger charge is -2.22. The van der Waals surface area contributed by atoms with Gasteiger partial charge in [0.1, 0.15) is 0 Å². The number of carboxylic acids is 1. The summed E-state index contributed by atoms with van der Waals surface area (Å²) < 4.78 is 0. The zero-order valence-corrected chi connectivity index (χ0v) is 12.2. The number of benzene rings is 1. The number of nitrogen functional groups attached to an aromatic ring is 1. The van der Waals surface area contributed by atoms with Gasteiger partial charge in [-0.2, -0.15) is 0 Å². The summed E-state index contributed by atoms with van der Waals surface area (Å²) in [6.07, 6.45) is 0.768. The monoisotopic (exact) mass is 282 g/mol. The number of aliphatic carboxylic acids is 1. The number of carbonyl (C=O) groups is 1. The molecule has 0 radical (unpaired) electrons. The molecule has 0 heterocycles. The van der Waals surface area contributed by atoms with E-state index in [9.17, 15) is 4.79 Å². The van der Waals surface area contributed by atoms with Crippen molar-refractivity contribution in [3.05, 3.63) is 23.3 Å². The molecule has 0 aromatic heterocycles. The van der Waals surface area contributed by atoms with E-state index in [0.717, 1.165) is 28.9 Å². The van der Waals surface area contributed by atoms with Gasteiger partial charge in [-0.15, -0.1) is 4.99 Å². The lowest BCUT2D eigenvalue weighted by Crippen LogP contribution is -2.27. The van der Waals surface area contributed by atoms with Crippen molar-refractivity contribution in [3.8, 4) is 0 Å². The molecule has 0 unspecified atom stereocenters. The Morgan fingerprint density at radius 1 is 1.35 bits per heavy atom. The number of carboxylic acid groups (broad SMARTS) is 1. The molecule has 0 bridgehead atoms. The van der Waals surface area contributed by atoms with Crippen LogP contribution in [0, 0.1) is 13.8 Å². The molecule has 0 fully saturated rings. The fraction of sp³-hybridized carbons (Fsp3) is 0.500. The van der Waals surface area contributed by atoms with Crippen LogP contribution in [0.4, 0.5) is 11.4 Å². The molecular weight excluding hydrogens is 260 g/mol. The number of nitrogens with two attached hydrogens (primary N) is 1. The van der Waals surface area contributed by atoms with Crippen molar-refractivity contribution in [1.29, 1.82) is 0 Å². The van der Waals surface area contributed by atoms with E-state index in [1.807, 2.05) is 32.9 Å². The Hall–Kier alpha value is -1.79. The number of hydrogen-bond donors (Lipinski definition) is 2. The molecule has 6 nitrogen and oxygen atoms in total. The van der Waals surface area contributed by atoms with Crippen LogP contribution in [0.3, 0.4) is 0 Å². The molecule has 0 aliphatic heterocycles. The maximum Gasteiger partial charge on any atom is 0.305 e. The van der Waals surface area contributed by atoms with Crippen LogP contribution in [0.15, 0.2) is 12.1 Å². The van der Waals surface area contributed by atoms with Gasteiger partial charge in [0.25, 0.3) is 0 Å². The smallest absolute Gasteiger partial charge is 0.305 e. The second kappa shape index (κ2) is 7.72. The lowest BCUT2D eigenvalue weighted by molar-refractivity contribution is -0.304. The van der Waals surface area contributed by atoms with Crippen molar-refractivity contribution < 1.29 is 19.8 Å². The van der Waals surface area contributed by atoms with Gasteiger partial charge in [-0.3, -0.25) is 4.79 Å². The average molecular weight is 282 g/mol. The highest BCUT2D eigenvalue weighted by Crippen LogP contribution is 2.25. The summed E-state index contributed by atoms with van der Waals surface area (Å²) in [6, 6.07) is 3.69. The van der Waals surface area contributed by atoms with Crippen LogP contribution in [0.2, 0.25) is 0 Å². The van der Waals surface area contributed by atoms with Crippen LogP contribution in [-0.2, 0) is 14.7 Å². The van der Waals surface area contributed by atoms with Crippen molar-refractivity contribution in [1.82, 2.24) is 0 Å². The average Bonchev–Trinajstić information content (AvgIpc) is 2.39. The minimum atomic E-state index is -0.891. The Morgan fingerprint density at radius 3 is 2.45 bits per heavy atom. The van der Waals surface area contributed by atoms with Crippen LogP contribution in [0.1, 0.15) is 30.9 Å². The van der Waals surface area contributed by atoms with Crippen molar-refractivity contribution in [2.45, 2.75) is 33.6 Å². The van der Waals surface area contributed by atoms with E-state index in [-0.39, 0.29) is 13.0 Å². The highest BCUT2D eigenvalue weighted by Gasteiger charge is 2.13. The van der Waals surface area contributed by atoms with E-state index in [1.165, 1.54) is 5.06 Å². The number of hydrogen-bond acceptors (Lipinski definition) is 5. The Labute approximate surface area is 119 Å². The third-order valence-corrected chi connectivity index (χ3v) is 2.83. The van der Waals surface area contributed by atoms with Crippen LogP contribution < -0.4 is 10.8 Å². The second-order valence-corrected chi connectivity index (χ2v) is 4.64. The van der Waals surface area contributed by atoms with Crippen LogP contribution in [0.25, 0.3) is 0 Å². The Bertz CT molecular complexity index is 439.